The average Bonchev–Trinajstić information content (AvgIpc) is 2.34. The maximum Gasteiger partial charge on any atom is 0.314 e. The summed E-state index contributed by atoms with van der Waals surface area (Å²) in [6.07, 6.45) is 9.58. The van der Waals surface area contributed by atoms with Crippen molar-refractivity contribution in [1.82, 2.24) is 10.6 Å². The number of hydrogen-bond acceptors (Lipinski definition) is 1. The number of urea groups is 1. The molecule has 3 heteroatoms. The normalized spacial score (nSPS) is 38.2. The summed E-state index contributed by atoms with van der Waals surface area (Å²) in [6, 6.07) is 0.0430. The number of amides is 2. The van der Waals surface area contributed by atoms with E-state index in [9.17, 15) is 4.79 Å². The third kappa shape index (κ3) is 3.12. The van der Waals surface area contributed by atoms with Gasteiger partial charge in [0.1, 0.15) is 0 Å². The topological polar surface area (TPSA) is 41.1 Å². The van der Waals surface area contributed by atoms with Crippen molar-refractivity contribution in [2.45, 2.75) is 58.8 Å². The molecule has 4 fully saturated rings. The van der Waals surface area contributed by atoms with Crippen LogP contribution in [0.25, 0.3) is 0 Å². The van der Waals surface area contributed by atoms with E-state index in [1.165, 1.54) is 38.5 Å². The van der Waals surface area contributed by atoms with Gasteiger partial charge in [-0.25, -0.2) is 4.79 Å². The zero-order valence-corrected chi connectivity index (χ0v) is 13.1. The van der Waals surface area contributed by atoms with Crippen molar-refractivity contribution in [3.8, 4) is 0 Å². The van der Waals surface area contributed by atoms with Gasteiger partial charge in [0, 0.05) is 13.1 Å². The van der Waals surface area contributed by atoms with E-state index in [0.29, 0.717) is 11.3 Å². The van der Waals surface area contributed by atoms with Gasteiger partial charge in [0.15, 0.2) is 0 Å². The number of nitrogens with one attached hydrogen (secondary N) is 2. The van der Waals surface area contributed by atoms with Crippen LogP contribution in [0, 0.1) is 29.1 Å². The van der Waals surface area contributed by atoms with Gasteiger partial charge in [-0.05, 0) is 74.0 Å². The van der Waals surface area contributed by atoms with Crippen LogP contribution >= 0.6 is 0 Å². The van der Waals surface area contributed by atoms with Gasteiger partial charge in [0.05, 0.1) is 0 Å². The maximum atomic E-state index is 11.9. The lowest BCUT2D eigenvalue weighted by atomic mass is 9.49. The Hall–Kier alpha value is -0.730. The number of carbonyl (C=O) groups excluding carboxylic acids is 1. The first-order valence-electron chi connectivity index (χ1n) is 8.56. The summed E-state index contributed by atoms with van der Waals surface area (Å²) in [5, 5.41) is 6.16. The minimum atomic E-state index is 0.0430. The molecule has 0 aromatic heterocycles. The smallest absolute Gasteiger partial charge is 0.314 e. The number of rotatable bonds is 5. The molecule has 0 heterocycles. The highest BCUT2D eigenvalue weighted by Crippen LogP contribution is 2.59. The van der Waals surface area contributed by atoms with Crippen LogP contribution in [0.4, 0.5) is 4.79 Å². The van der Waals surface area contributed by atoms with Crippen LogP contribution in [0.1, 0.15) is 58.8 Å². The molecule has 4 aliphatic carbocycles. The van der Waals surface area contributed by atoms with Crippen LogP contribution in [0.2, 0.25) is 0 Å². The van der Waals surface area contributed by atoms with Crippen LogP contribution in [-0.2, 0) is 0 Å². The minimum Gasteiger partial charge on any atom is -0.338 e. The lowest BCUT2D eigenvalue weighted by Crippen LogP contribution is -2.52. The van der Waals surface area contributed by atoms with Gasteiger partial charge < -0.3 is 10.6 Å². The van der Waals surface area contributed by atoms with Crippen LogP contribution in [0.5, 0.6) is 0 Å². The first-order valence-corrected chi connectivity index (χ1v) is 8.56. The molecule has 0 unspecified atom stereocenters. The molecule has 0 aromatic rings. The third-order valence-corrected chi connectivity index (χ3v) is 5.80. The standard InChI is InChI=1S/C17H30N2O/c1-12(2)3-4-18-16(20)19-11-17-8-13-5-14(9-17)7-15(6-13)10-17/h12-15H,3-11H2,1-2H3,(H2,18,19,20). The zero-order valence-electron chi connectivity index (χ0n) is 13.1. The van der Waals surface area contributed by atoms with Gasteiger partial charge >= 0.3 is 6.03 Å². The summed E-state index contributed by atoms with van der Waals surface area (Å²) < 4.78 is 0. The number of hydrogen-bond donors (Lipinski definition) is 2. The molecule has 114 valence electrons. The first-order chi connectivity index (χ1) is 9.55. The van der Waals surface area contributed by atoms with E-state index in [0.717, 1.165) is 37.3 Å². The molecule has 0 aliphatic heterocycles. The van der Waals surface area contributed by atoms with Gasteiger partial charge in [-0.2, -0.15) is 0 Å². The Morgan fingerprint density at radius 3 is 2.10 bits per heavy atom. The van der Waals surface area contributed by atoms with Crippen LogP contribution in [0.3, 0.4) is 0 Å². The Bertz CT molecular complexity index is 329. The molecule has 0 spiro atoms. The highest BCUT2D eigenvalue weighted by molar-refractivity contribution is 5.73. The van der Waals surface area contributed by atoms with E-state index in [1.807, 2.05) is 0 Å². The molecule has 4 rings (SSSR count). The summed E-state index contributed by atoms with van der Waals surface area (Å²) in [5.41, 5.74) is 0.449. The molecule has 20 heavy (non-hydrogen) atoms. The molecular weight excluding hydrogens is 248 g/mol. The van der Waals surface area contributed by atoms with Gasteiger partial charge in [-0.15, -0.1) is 0 Å². The second-order valence-corrected chi connectivity index (χ2v) is 8.21. The summed E-state index contributed by atoms with van der Waals surface area (Å²) in [6.45, 7) is 6.08. The lowest BCUT2D eigenvalue weighted by Gasteiger charge is -2.56. The highest BCUT2D eigenvalue weighted by atomic mass is 16.2. The van der Waals surface area contributed by atoms with Crippen molar-refractivity contribution in [1.29, 1.82) is 0 Å². The van der Waals surface area contributed by atoms with Gasteiger partial charge in [-0.3, -0.25) is 0 Å². The fraction of sp³-hybridized carbons (Fsp3) is 0.941. The minimum absolute atomic E-state index is 0.0430. The average molecular weight is 278 g/mol. The summed E-state index contributed by atoms with van der Waals surface area (Å²) in [5.74, 6) is 3.55. The van der Waals surface area contributed by atoms with Crippen molar-refractivity contribution in [2.24, 2.45) is 29.1 Å². The number of carbonyl (C=O) groups is 1. The van der Waals surface area contributed by atoms with Crippen molar-refractivity contribution >= 4 is 6.03 Å². The Morgan fingerprint density at radius 2 is 1.60 bits per heavy atom. The second kappa shape index (κ2) is 5.57. The maximum absolute atomic E-state index is 11.9. The Morgan fingerprint density at radius 1 is 1.05 bits per heavy atom. The Kier molecular flexibility index (Phi) is 3.96. The molecular formula is C17H30N2O. The van der Waals surface area contributed by atoms with E-state index < -0.39 is 0 Å². The predicted molar refractivity (Wildman–Crippen MR) is 81.5 cm³/mol. The van der Waals surface area contributed by atoms with Crippen LogP contribution < -0.4 is 10.6 Å². The molecule has 0 aromatic carbocycles. The van der Waals surface area contributed by atoms with E-state index in [1.54, 1.807) is 0 Å². The van der Waals surface area contributed by atoms with Gasteiger partial charge in [-0.1, -0.05) is 13.8 Å². The molecule has 3 nitrogen and oxygen atoms in total. The quantitative estimate of drug-likeness (QED) is 0.793. The largest absolute Gasteiger partial charge is 0.338 e. The van der Waals surface area contributed by atoms with Crippen LogP contribution in [0.15, 0.2) is 0 Å². The van der Waals surface area contributed by atoms with Gasteiger partial charge in [0.2, 0.25) is 0 Å². The molecule has 2 amide bonds. The van der Waals surface area contributed by atoms with Gasteiger partial charge in [0.25, 0.3) is 0 Å². The monoisotopic (exact) mass is 278 g/mol. The molecule has 4 bridgehead atoms. The van der Waals surface area contributed by atoms with E-state index in [2.05, 4.69) is 24.5 Å². The fourth-order valence-corrected chi connectivity index (χ4v) is 5.31. The highest BCUT2D eigenvalue weighted by Gasteiger charge is 2.50. The molecule has 2 N–H and O–H groups in total. The van der Waals surface area contributed by atoms with E-state index in [4.69, 9.17) is 0 Å². The van der Waals surface area contributed by atoms with E-state index in [-0.39, 0.29) is 6.03 Å². The first kappa shape index (κ1) is 14.2. The molecule has 0 atom stereocenters. The van der Waals surface area contributed by atoms with Crippen molar-refractivity contribution in [2.75, 3.05) is 13.1 Å². The zero-order chi connectivity index (χ0) is 14.2. The SMILES string of the molecule is CC(C)CCNC(=O)NCC12CC3CC(CC(C3)C1)C2. The lowest BCUT2D eigenvalue weighted by molar-refractivity contribution is -0.0498. The summed E-state index contributed by atoms with van der Waals surface area (Å²) in [7, 11) is 0. The van der Waals surface area contributed by atoms with Crippen LogP contribution in [-0.4, -0.2) is 19.1 Å². The molecule has 4 saturated carbocycles. The Labute approximate surface area is 123 Å². The van der Waals surface area contributed by atoms with Crippen molar-refractivity contribution in [3.63, 3.8) is 0 Å². The fourth-order valence-electron chi connectivity index (χ4n) is 5.31. The molecule has 0 radical (unpaired) electrons. The van der Waals surface area contributed by atoms with E-state index >= 15 is 0 Å². The predicted octanol–water partition coefficient (Wildman–Crippen LogP) is 3.55. The molecule has 0 saturated heterocycles. The van der Waals surface area contributed by atoms with Crippen molar-refractivity contribution < 1.29 is 4.79 Å². The summed E-state index contributed by atoms with van der Waals surface area (Å²) in [4.78, 5) is 11.9. The van der Waals surface area contributed by atoms with Crippen molar-refractivity contribution in [3.05, 3.63) is 0 Å². The second-order valence-electron chi connectivity index (χ2n) is 8.21. The Balaban J connectivity index is 1.45. The third-order valence-electron chi connectivity index (χ3n) is 5.80. The molecule has 4 aliphatic rings. The summed E-state index contributed by atoms with van der Waals surface area (Å²) >= 11 is 0.